The maximum Gasteiger partial charge on any atom is 0.329 e. The lowest BCUT2D eigenvalue weighted by molar-refractivity contribution is -0.287. The van der Waals surface area contributed by atoms with E-state index in [-0.39, 0.29) is 18.9 Å². The third kappa shape index (κ3) is 4.86. The van der Waals surface area contributed by atoms with Crippen LogP contribution in [0.2, 0.25) is 0 Å². The van der Waals surface area contributed by atoms with Gasteiger partial charge in [0.25, 0.3) is 0 Å². The topological polar surface area (TPSA) is 74.3 Å². The maximum atomic E-state index is 12.8. The quantitative estimate of drug-likeness (QED) is 0.703. The van der Waals surface area contributed by atoms with Crippen LogP contribution in [0.5, 0.6) is 0 Å². The van der Waals surface area contributed by atoms with Gasteiger partial charge in [-0.3, -0.25) is 9.63 Å². The first-order valence-corrected chi connectivity index (χ1v) is 8.97. The van der Waals surface area contributed by atoms with Crippen molar-refractivity contribution in [3.05, 3.63) is 35.9 Å². The van der Waals surface area contributed by atoms with Crippen molar-refractivity contribution in [2.45, 2.75) is 64.0 Å². The lowest BCUT2D eigenvalue weighted by Crippen LogP contribution is -2.53. The molecule has 0 N–H and O–H groups in total. The molecule has 1 aliphatic heterocycles. The average Bonchev–Trinajstić information content (AvgIpc) is 2.97. The number of nitrogens with zero attached hydrogens (tertiary/aromatic N) is 1. The Labute approximate surface area is 160 Å². The summed E-state index contributed by atoms with van der Waals surface area (Å²) in [5.41, 5.74) is -0.886. The van der Waals surface area contributed by atoms with Gasteiger partial charge in [-0.1, -0.05) is 30.3 Å². The molecule has 2 rings (SSSR count). The van der Waals surface area contributed by atoms with Crippen molar-refractivity contribution in [2.75, 3.05) is 14.2 Å². The summed E-state index contributed by atoms with van der Waals surface area (Å²) in [6.45, 7) is 7.61. The van der Waals surface area contributed by atoms with Crippen LogP contribution in [-0.4, -0.2) is 48.7 Å². The first-order chi connectivity index (χ1) is 12.6. The molecule has 0 saturated carbocycles. The van der Waals surface area contributed by atoms with Crippen LogP contribution in [0.1, 0.15) is 52.1 Å². The van der Waals surface area contributed by atoms with E-state index in [2.05, 4.69) is 0 Å². The van der Waals surface area contributed by atoms with Crippen LogP contribution in [0.4, 0.5) is 0 Å². The first kappa shape index (κ1) is 21.3. The Bertz CT molecular complexity index is 656. The second-order valence-corrected chi connectivity index (χ2v) is 7.66. The third-order valence-electron chi connectivity index (χ3n) is 4.51. The van der Waals surface area contributed by atoms with E-state index in [0.29, 0.717) is 0 Å². The highest BCUT2D eigenvalue weighted by atomic mass is 16.8. The van der Waals surface area contributed by atoms with Crippen LogP contribution >= 0.6 is 0 Å². The lowest BCUT2D eigenvalue weighted by Gasteiger charge is -2.36. The van der Waals surface area contributed by atoms with Gasteiger partial charge in [-0.05, 0) is 33.3 Å². The number of carbonyl (C=O) groups is 2. The molecule has 150 valence electrons. The Morgan fingerprint density at radius 1 is 1.22 bits per heavy atom. The molecule has 2 unspecified atom stereocenters. The van der Waals surface area contributed by atoms with E-state index < -0.39 is 29.4 Å². The predicted molar refractivity (Wildman–Crippen MR) is 98.4 cm³/mol. The molecule has 0 aromatic heterocycles. The Morgan fingerprint density at radius 2 is 1.85 bits per heavy atom. The summed E-state index contributed by atoms with van der Waals surface area (Å²) in [5, 5.41) is 1.53. The summed E-state index contributed by atoms with van der Waals surface area (Å²) in [6, 6.07) is 9.28. The van der Waals surface area contributed by atoms with Crippen LogP contribution in [0.3, 0.4) is 0 Å². The molecular weight excluding hydrogens is 350 g/mol. The summed E-state index contributed by atoms with van der Waals surface area (Å²) in [6.07, 6.45) is -0.736. The number of rotatable bonds is 6. The minimum Gasteiger partial charge on any atom is -0.469 e. The molecule has 0 aliphatic carbocycles. The van der Waals surface area contributed by atoms with E-state index in [9.17, 15) is 9.59 Å². The van der Waals surface area contributed by atoms with Gasteiger partial charge in [-0.25, -0.2) is 4.79 Å². The molecule has 1 aliphatic rings. The molecule has 7 heteroatoms. The van der Waals surface area contributed by atoms with Gasteiger partial charge in [0.15, 0.2) is 11.8 Å². The predicted octanol–water partition coefficient (Wildman–Crippen LogP) is 3.00. The fourth-order valence-electron chi connectivity index (χ4n) is 3.31. The Morgan fingerprint density at radius 3 is 2.37 bits per heavy atom. The van der Waals surface area contributed by atoms with E-state index in [4.69, 9.17) is 19.0 Å². The van der Waals surface area contributed by atoms with Crippen molar-refractivity contribution in [3.63, 3.8) is 0 Å². The van der Waals surface area contributed by atoms with E-state index in [1.807, 2.05) is 58.0 Å². The number of hydroxylamine groups is 2. The highest BCUT2D eigenvalue weighted by Gasteiger charge is 2.58. The van der Waals surface area contributed by atoms with Crippen molar-refractivity contribution in [3.8, 4) is 0 Å². The zero-order valence-electron chi connectivity index (χ0n) is 16.9. The largest absolute Gasteiger partial charge is 0.469 e. The van der Waals surface area contributed by atoms with E-state index in [0.717, 1.165) is 5.56 Å². The summed E-state index contributed by atoms with van der Waals surface area (Å²) in [7, 11) is 2.59. The summed E-state index contributed by atoms with van der Waals surface area (Å²) >= 11 is 0. The van der Waals surface area contributed by atoms with E-state index in [1.54, 1.807) is 0 Å². The molecular formula is C20H29NO6. The highest BCUT2D eigenvalue weighted by molar-refractivity contribution is 5.87. The van der Waals surface area contributed by atoms with Gasteiger partial charge in [-0.2, -0.15) is 5.06 Å². The average molecular weight is 379 g/mol. The number of carbonyl (C=O) groups excluding carboxylic acids is 2. The monoisotopic (exact) mass is 379 g/mol. The fourth-order valence-corrected chi connectivity index (χ4v) is 3.31. The molecule has 3 atom stereocenters. The molecule has 27 heavy (non-hydrogen) atoms. The van der Waals surface area contributed by atoms with Gasteiger partial charge in [0.05, 0.1) is 32.3 Å². The number of hydrogen-bond donors (Lipinski definition) is 0. The summed E-state index contributed by atoms with van der Waals surface area (Å²) in [5.74, 6) is -1.08. The van der Waals surface area contributed by atoms with Gasteiger partial charge < -0.3 is 14.2 Å². The molecule has 1 fully saturated rings. The van der Waals surface area contributed by atoms with Gasteiger partial charge in [-0.15, -0.1) is 0 Å². The van der Waals surface area contributed by atoms with E-state index >= 15 is 0 Å². The molecule has 1 aromatic carbocycles. The molecule has 0 bridgehead atoms. The van der Waals surface area contributed by atoms with Crippen molar-refractivity contribution in [1.82, 2.24) is 5.06 Å². The van der Waals surface area contributed by atoms with Crippen LogP contribution < -0.4 is 0 Å². The maximum absolute atomic E-state index is 12.8. The van der Waals surface area contributed by atoms with Crippen molar-refractivity contribution < 1.29 is 28.6 Å². The third-order valence-corrected chi connectivity index (χ3v) is 4.51. The zero-order valence-corrected chi connectivity index (χ0v) is 16.9. The zero-order chi connectivity index (χ0) is 20.2. The SMILES string of the molecule is COC(=O)CC1(C(=O)OC)CC(OC(C)(C)C)ON1[C@@H](C)c1ccccc1. The number of benzene rings is 1. The molecule has 1 heterocycles. The van der Waals surface area contributed by atoms with Crippen molar-refractivity contribution >= 4 is 11.9 Å². The second-order valence-electron chi connectivity index (χ2n) is 7.66. The molecule has 0 radical (unpaired) electrons. The number of ether oxygens (including phenoxy) is 3. The first-order valence-electron chi connectivity index (χ1n) is 8.97. The molecule has 0 amide bonds. The molecule has 7 nitrogen and oxygen atoms in total. The van der Waals surface area contributed by atoms with Crippen LogP contribution in [0.25, 0.3) is 0 Å². The fraction of sp³-hybridized carbons (Fsp3) is 0.600. The van der Waals surface area contributed by atoms with Gasteiger partial charge in [0.1, 0.15) is 0 Å². The normalized spacial score (nSPS) is 24.4. The van der Waals surface area contributed by atoms with Crippen molar-refractivity contribution in [1.29, 1.82) is 0 Å². The van der Waals surface area contributed by atoms with Gasteiger partial charge in [0.2, 0.25) is 0 Å². The Kier molecular flexibility index (Phi) is 6.62. The minimum absolute atomic E-state index is 0.156. The molecule has 0 spiro atoms. The van der Waals surface area contributed by atoms with Crippen LogP contribution in [0.15, 0.2) is 30.3 Å². The Hall–Kier alpha value is -1.96. The summed E-state index contributed by atoms with van der Waals surface area (Å²) < 4.78 is 15.8. The smallest absolute Gasteiger partial charge is 0.329 e. The van der Waals surface area contributed by atoms with Crippen LogP contribution in [0, 0.1) is 0 Å². The van der Waals surface area contributed by atoms with Crippen LogP contribution in [-0.2, 0) is 28.6 Å². The Balaban J connectivity index is 2.45. The second kappa shape index (κ2) is 8.37. The molecule has 1 aromatic rings. The van der Waals surface area contributed by atoms with E-state index in [1.165, 1.54) is 19.3 Å². The minimum atomic E-state index is -1.34. The number of esters is 2. The van der Waals surface area contributed by atoms with Crippen molar-refractivity contribution in [2.24, 2.45) is 0 Å². The number of methoxy groups -OCH3 is 2. The molecule has 1 saturated heterocycles. The van der Waals surface area contributed by atoms with Gasteiger partial charge in [0, 0.05) is 6.42 Å². The van der Waals surface area contributed by atoms with Gasteiger partial charge >= 0.3 is 11.9 Å². The summed E-state index contributed by atoms with van der Waals surface area (Å²) in [4.78, 5) is 31.0. The standard InChI is InChI=1S/C20H29NO6/c1-14(15-10-8-7-9-11-15)21-20(18(23)25-6,12-16(22)24-5)13-17(27-21)26-19(2,3)4/h7-11,14,17H,12-13H2,1-6H3/t14-,17?,20?/m0/s1. The lowest BCUT2D eigenvalue weighted by atomic mass is 9.89. The number of hydrogen-bond acceptors (Lipinski definition) is 7. The highest BCUT2D eigenvalue weighted by Crippen LogP contribution is 2.43.